The largest absolute Gasteiger partial charge is 0.435 e. The number of alkyl halides is 4. The van der Waals surface area contributed by atoms with Crippen molar-refractivity contribution in [2.75, 3.05) is 10.2 Å². The molecule has 0 saturated carbocycles. The Kier molecular flexibility index (Phi) is 6.30. The van der Waals surface area contributed by atoms with Gasteiger partial charge in [-0.25, -0.2) is 13.2 Å². The number of carbonyl (C=O) groups is 1. The van der Waals surface area contributed by atoms with Crippen LogP contribution in [0.15, 0.2) is 84.6 Å². The third kappa shape index (κ3) is 4.82. The molecule has 0 spiro atoms. The van der Waals surface area contributed by atoms with Gasteiger partial charge in [0, 0.05) is 22.5 Å². The number of anilines is 2. The van der Waals surface area contributed by atoms with Crippen LogP contribution in [0.2, 0.25) is 0 Å². The second kappa shape index (κ2) is 9.32. The Hall–Kier alpha value is -3.88. The van der Waals surface area contributed by atoms with Crippen LogP contribution in [0.1, 0.15) is 23.6 Å². The molecule has 9 heteroatoms. The van der Waals surface area contributed by atoms with Crippen molar-refractivity contribution in [3.63, 3.8) is 0 Å². The van der Waals surface area contributed by atoms with Crippen LogP contribution in [0.5, 0.6) is 5.75 Å². The second-order valence-corrected chi connectivity index (χ2v) is 7.14. The number of rotatable bonds is 7. The van der Waals surface area contributed by atoms with Gasteiger partial charge in [-0.05, 0) is 48.5 Å². The fourth-order valence-electron chi connectivity index (χ4n) is 3.53. The minimum absolute atomic E-state index is 0.0488. The lowest BCUT2D eigenvalue weighted by Crippen LogP contribution is -2.31. The fourth-order valence-corrected chi connectivity index (χ4v) is 3.53. The first-order valence-corrected chi connectivity index (χ1v) is 9.83. The van der Waals surface area contributed by atoms with Gasteiger partial charge >= 0.3 is 6.61 Å². The van der Waals surface area contributed by atoms with E-state index in [2.05, 4.69) is 10.1 Å². The zero-order valence-corrected chi connectivity index (χ0v) is 16.9. The quantitative estimate of drug-likeness (QED) is 0.412. The molecule has 0 aliphatic carbocycles. The van der Waals surface area contributed by atoms with E-state index in [1.54, 1.807) is 6.07 Å². The van der Waals surface area contributed by atoms with Gasteiger partial charge in [0.1, 0.15) is 17.3 Å². The highest BCUT2D eigenvalue weighted by Gasteiger charge is 2.36. The van der Waals surface area contributed by atoms with E-state index in [9.17, 15) is 26.7 Å². The van der Waals surface area contributed by atoms with Gasteiger partial charge in [0.2, 0.25) is 0 Å². The molecule has 0 fully saturated rings. The van der Waals surface area contributed by atoms with Crippen LogP contribution in [-0.2, 0) is 4.79 Å². The number of ether oxygens (including phenoxy) is 1. The van der Waals surface area contributed by atoms with Crippen molar-refractivity contribution in [2.24, 2.45) is 0 Å². The summed E-state index contributed by atoms with van der Waals surface area (Å²) in [4.78, 5) is 14.5. The van der Waals surface area contributed by atoms with E-state index in [1.165, 1.54) is 77.7 Å². The van der Waals surface area contributed by atoms with Crippen molar-refractivity contribution in [3.8, 4) is 5.75 Å². The van der Waals surface area contributed by atoms with E-state index in [1.807, 2.05) is 0 Å². The van der Waals surface area contributed by atoms with E-state index >= 15 is 0 Å². The first kappa shape index (κ1) is 22.3. The van der Waals surface area contributed by atoms with Crippen LogP contribution in [0.25, 0.3) is 0 Å². The van der Waals surface area contributed by atoms with E-state index in [0.717, 1.165) is 0 Å². The maximum Gasteiger partial charge on any atom is 0.387 e. The predicted octanol–water partition coefficient (Wildman–Crippen LogP) is 6.45. The Bertz CT molecular complexity index is 1160. The third-order valence-electron chi connectivity index (χ3n) is 5.06. The molecule has 170 valence electrons. The van der Waals surface area contributed by atoms with Gasteiger partial charge in [0.25, 0.3) is 12.3 Å². The van der Waals surface area contributed by atoms with Gasteiger partial charge in [-0.15, -0.1) is 0 Å². The summed E-state index contributed by atoms with van der Waals surface area (Å²) in [6.45, 7) is -2.96. The van der Waals surface area contributed by atoms with Crippen molar-refractivity contribution in [3.05, 3.63) is 102 Å². The topological polar surface area (TPSA) is 41.6 Å². The summed E-state index contributed by atoms with van der Waals surface area (Å²) in [7, 11) is 0. The first-order valence-electron chi connectivity index (χ1n) is 9.83. The number of carbonyl (C=O) groups excluding carboxylic acids is 1. The summed E-state index contributed by atoms with van der Waals surface area (Å²) in [5.74, 6) is -1.09. The predicted molar refractivity (Wildman–Crippen MR) is 113 cm³/mol. The molecule has 1 aliphatic rings. The number of nitrogens with zero attached hydrogens (tertiary/aromatic N) is 1. The maximum atomic E-state index is 14.6. The Labute approximate surface area is 185 Å². The Morgan fingerprint density at radius 2 is 1.55 bits per heavy atom. The van der Waals surface area contributed by atoms with E-state index in [4.69, 9.17) is 0 Å². The molecule has 1 N–H and O–H groups in total. The van der Waals surface area contributed by atoms with Crippen LogP contribution < -0.4 is 15.0 Å². The summed E-state index contributed by atoms with van der Waals surface area (Å²) in [6.07, 6.45) is -1.14. The molecular formula is C24H17F5N2O2. The monoisotopic (exact) mass is 460 g/mol. The molecular weight excluding hydrogens is 443 g/mol. The third-order valence-corrected chi connectivity index (χ3v) is 5.06. The standard InChI is InChI=1S/C24H17F5N2O2/c25-19-4-2-1-3-18(19)21-13-20(30-15-7-11-17(12-8-15)33-24(28)29)23(32)31(21)16-9-5-14(6-10-16)22(26)27/h1-13,21-22,24,30H. The van der Waals surface area contributed by atoms with Gasteiger partial charge in [-0.1, -0.05) is 30.3 Å². The summed E-state index contributed by atoms with van der Waals surface area (Å²) in [5, 5.41) is 2.90. The van der Waals surface area contributed by atoms with Gasteiger partial charge in [0.05, 0.1) is 6.04 Å². The van der Waals surface area contributed by atoms with E-state index < -0.39 is 30.8 Å². The lowest BCUT2D eigenvalue weighted by molar-refractivity contribution is -0.114. The Morgan fingerprint density at radius 1 is 0.879 bits per heavy atom. The zero-order chi connectivity index (χ0) is 23.5. The lowest BCUT2D eigenvalue weighted by Gasteiger charge is -2.25. The molecule has 4 nitrogen and oxygen atoms in total. The van der Waals surface area contributed by atoms with E-state index in [-0.39, 0.29) is 22.6 Å². The van der Waals surface area contributed by atoms with Crippen LogP contribution in [0.4, 0.5) is 33.3 Å². The number of benzene rings is 3. The van der Waals surface area contributed by atoms with Crippen LogP contribution in [-0.4, -0.2) is 12.5 Å². The zero-order valence-electron chi connectivity index (χ0n) is 16.9. The second-order valence-electron chi connectivity index (χ2n) is 7.14. The fraction of sp³-hybridized carbons (Fsp3) is 0.125. The van der Waals surface area contributed by atoms with Crippen molar-refractivity contribution >= 4 is 17.3 Å². The van der Waals surface area contributed by atoms with Crippen LogP contribution in [0, 0.1) is 5.82 Å². The minimum Gasteiger partial charge on any atom is -0.435 e. The van der Waals surface area contributed by atoms with Gasteiger partial charge in [-0.3, -0.25) is 9.69 Å². The molecule has 4 rings (SSSR count). The summed E-state index contributed by atoms with van der Waals surface area (Å²) >= 11 is 0. The SMILES string of the molecule is O=C1C(Nc2ccc(OC(F)F)cc2)=CC(c2ccccc2F)N1c1ccc(C(F)F)cc1. The average Bonchev–Trinajstić information content (AvgIpc) is 3.10. The summed E-state index contributed by atoms with van der Waals surface area (Å²) in [5.41, 5.74) is 0.861. The molecule has 0 saturated heterocycles. The highest BCUT2D eigenvalue weighted by atomic mass is 19.3. The Morgan fingerprint density at radius 3 is 2.15 bits per heavy atom. The number of amides is 1. The molecule has 0 radical (unpaired) electrons. The van der Waals surface area contributed by atoms with Crippen LogP contribution in [0.3, 0.4) is 0 Å². The molecule has 1 unspecified atom stereocenters. The lowest BCUT2D eigenvalue weighted by atomic mass is 10.1. The maximum absolute atomic E-state index is 14.6. The molecule has 3 aromatic carbocycles. The number of nitrogens with one attached hydrogen (secondary N) is 1. The van der Waals surface area contributed by atoms with Gasteiger partial charge in [-0.2, -0.15) is 8.78 Å². The smallest absolute Gasteiger partial charge is 0.387 e. The highest BCUT2D eigenvalue weighted by Crippen LogP contribution is 2.37. The van der Waals surface area contributed by atoms with Gasteiger partial charge < -0.3 is 10.1 Å². The summed E-state index contributed by atoms with van der Waals surface area (Å²) < 4.78 is 69.5. The normalized spacial score (nSPS) is 15.8. The molecule has 0 aromatic heterocycles. The first-order chi connectivity index (χ1) is 15.8. The average molecular weight is 460 g/mol. The Balaban J connectivity index is 1.66. The number of hydrogen-bond acceptors (Lipinski definition) is 3. The van der Waals surface area contributed by atoms with Crippen molar-refractivity contribution in [1.29, 1.82) is 0 Å². The highest BCUT2D eigenvalue weighted by molar-refractivity contribution is 6.11. The van der Waals surface area contributed by atoms with Gasteiger partial charge in [0.15, 0.2) is 0 Å². The minimum atomic E-state index is -2.96. The van der Waals surface area contributed by atoms with Crippen molar-refractivity contribution in [1.82, 2.24) is 0 Å². The molecule has 1 amide bonds. The van der Waals surface area contributed by atoms with Crippen molar-refractivity contribution < 1.29 is 31.5 Å². The van der Waals surface area contributed by atoms with Crippen LogP contribution >= 0.6 is 0 Å². The molecule has 1 atom stereocenters. The summed E-state index contributed by atoms with van der Waals surface area (Å²) in [6, 6.07) is 15.8. The molecule has 1 heterocycles. The molecule has 0 bridgehead atoms. The molecule has 33 heavy (non-hydrogen) atoms. The van der Waals surface area contributed by atoms with Crippen molar-refractivity contribution in [2.45, 2.75) is 19.1 Å². The molecule has 1 aliphatic heterocycles. The number of halogens is 5. The molecule has 3 aromatic rings. The number of hydrogen-bond donors (Lipinski definition) is 1. The van der Waals surface area contributed by atoms with E-state index in [0.29, 0.717) is 11.4 Å².